The second kappa shape index (κ2) is 9.33. The van der Waals surface area contributed by atoms with Crippen LogP contribution in [0, 0.1) is 13.8 Å². The van der Waals surface area contributed by atoms with Gasteiger partial charge in [-0.25, -0.2) is 0 Å². The van der Waals surface area contributed by atoms with Gasteiger partial charge in [0.15, 0.2) is 6.10 Å². The molecule has 0 aliphatic carbocycles. The van der Waals surface area contributed by atoms with Gasteiger partial charge in [0.05, 0.1) is 6.42 Å². The number of esters is 1. The Bertz CT molecular complexity index is 846. The predicted molar refractivity (Wildman–Crippen MR) is 104 cm³/mol. The maximum atomic E-state index is 12.4. The molecule has 6 heteroatoms. The molecule has 27 heavy (non-hydrogen) atoms. The van der Waals surface area contributed by atoms with Gasteiger partial charge in [-0.05, 0) is 62.2 Å². The van der Waals surface area contributed by atoms with Gasteiger partial charge in [-0.2, -0.15) is 0 Å². The normalized spacial score (nSPS) is 11.6. The Balaban J connectivity index is 1.80. The van der Waals surface area contributed by atoms with Gasteiger partial charge in [0.2, 0.25) is 5.78 Å². The van der Waals surface area contributed by atoms with Gasteiger partial charge in [0.25, 0.3) is 5.91 Å². The van der Waals surface area contributed by atoms with Crippen molar-refractivity contribution in [2.24, 2.45) is 0 Å². The molecular weight excluding hydrogens is 366 g/mol. The van der Waals surface area contributed by atoms with Crippen molar-refractivity contribution in [3.05, 3.63) is 69.7 Å². The molecule has 0 saturated heterocycles. The second-order valence-electron chi connectivity index (χ2n) is 6.31. The second-order valence-corrected chi connectivity index (χ2v) is 6.74. The highest BCUT2D eigenvalue weighted by atomic mass is 35.5. The Kier molecular flexibility index (Phi) is 7.13. The zero-order valence-corrected chi connectivity index (χ0v) is 16.3. The molecule has 1 atom stereocenters. The average Bonchev–Trinajstić information content (AvgIpc) is 2.63. The molecule has 0 fully saturated rings. The number of ketones is 1. The maximum Gasteiger partial charge on any atom is 0.308 e. The van der Waals surface area contributed by atoms with E-state index in [1.165, 1.54) is 0 Å². The Morgan fingerprint density at radius 3 is 2.26 bits per heavy atom. The van der Waals surface area contributed by atoms with E-state index in [-0.39, 0.29) is 24.7 Å². The van der Waals surface area contributed by atoms with Gasteiger partial charge < -0.3 is 10.1 Å². The largest absolute Gasteiger partial charge is 0.454 e. The molecule has 0 aliphatic heterocycles. The Morgan fingerprint density at radius 2 is 1.63 bits per heavy atom. The number of amides is 1. The van der Waals surface area contributed by atoms with Gasteiger partial charge in [0.1, 0.15) is 0 Å². The topological polar surface area (TPSA) is 72.5 Å². The van der Waals surface area contributed by atoms with Crippen LogP contribution >= 0.6 is 11.6 Å². The lowest BCUT2D eigenvalue weighted by Crippen LogP contribution is -2.29. The highest BCUT2D eigenvalue weighted by Crippen LogP contribution is 2.13. The lowest BCUT2D eigenvalue weighted by Gasteiger charge is -2.13. The number of rotatable bonds is 7. The third-order valence-corrected chi connectivity index (χ3v) is 4.44. The molecular formula is C21H22ClNO4. The van der Waals surface area contributed by atoms with E-state index in [2.05, 4.69) is 5.32 Å². The summed E-state index contributed by atoms with van der Waals surface area (Å²) in [5.74, 6) is -1.11. The molecule has 0 aliphatic rings. The first-order valence-electron chi connectivity index (χ1n) is 8.62. The minimum atomic E-state index is -0.883. The number of Topliss-reactive ketones (excluding diaryl/α,β-unsaturated/α-hetero) is 1. The van der Waals surface area contributed by atoms with Crippen molar-refractivity contribution in [3.8, 4) is 0 Å². The molecule has 1 N–H and O–H groups in total. The quantitative estimate of drug-likeness (QED) is 0.577. The molecule has 2 aromatic rings. The van der Waals surface area contributed by atoms with E-state index in [0.29, 0.717) is 16.1 Å². The molecule has 5 nitrogen and oxygen atoms in total. The van der Waals surface area contributed by atoms with Gasteiger partial charge in [0, 0.05) is 22.7 Å². The van der Waals surface area contributed by atoms with Crippen LogP contribution in [-0.2, 0) is 9.53 Å². The average molecular weight is 388 g/mol. The molecule has 0 radical (unpaired) electrons. The zero-order valence-electron chi connectivity index (χ0n) is 15.5. The zero-order chi connectivity index (χ0) is 20.0. The molecule has 0 heterocycles. The number of hydrogen-bond donors (Lipinski definition) is 1. The molecule has 2 rings (SSSR count). The van der Waals surface area contributed by atoms with E-state index >= 15 is 0 Å². The number of carbonyl (C=O) groups excluding carboxylic acids is 3. The summed E-state index contributed by atoms with van der Waals surface area (Å²) in [5.41, 5.74) is 3.05. The van der Waals surface area contributed by atoms with E-state index in [9.17, 15) is 14.4 Å². The fourth-order valence-corrected chi connectivity index (χ4v) is 2.55. The monoisotopic (exact) mass is 387 g/mol. The van der Waals surface area contributed by atoms with Gasteiger partial charge >= 0.3 is 5.97 Å². The van der Waals surface area contributed by atoms with E-state index < -0.39 is 12.1 Å². The van der Waals surface area contributed by atoms with Crippen molar-refractivity contribution in [3.63, 3.8) is 0 Å². The fraction of sp³-hybridized carbons (Fsp3) is 0.286. The van der Waals surface area contributed by atoms with E-state index in [4.69, 9.17) is 16.3 Å². The van der Waals surface area contributed by atoms with E-state index in [1.807, 2.05) is 19.9 Å². The third kappa shape index (κ3) is 5.93. The molecule has 2 aromatic carbocycles. The number of ether oxygens (including phenoxy) is 1. The van der Waals surface area contributed by atoms with Crippen LogP contribution in [0.2, 0.25) is 5.02 Å². The lowest BCUT2D eigenvalue weighted by molar-refractivity contribution is -0.146. The number of nitrogens with one attached hydrogen (secondary N) is 1. The summed E-state index contributed by atoms with van der Waals surface area (Å²) in [4.78, 5) is 36.3. The van der Waals surface area contributed by atoms with Crippen LogP contribution in [0.4, 0.5) is 0 Å². The predicted octanol–water partition coefficient (Wildman–Crippen LogP) is 3.89. The van der Waals surface area contributed by atoms with E-state index in [1.54, 1.807) is 43.3 Å². The Labute approximate surface area is 163 Å². The third-order valence-electron chi connectivity index (χ3n) is 4.19. The van der Waals surface area contributed by atoms with Crippen LogP contribution < -0.4 is 5.32 Å². The smallest absolute Gasteiger partial charge is 0.308 e. The molecule has 0 aromatic heterocycles. The molecule has 0 saturated carbocycles. The number of carbonyl (C=O) groups is 3. The standard InChI is InChI=1S/C21H22ClNO4/c1-13-4-5-17(12-14(13)2)20(25)15(3)27-19(24)10-11-23-21(26)16-6-8-18(22)9-7-16/h4-9,12,15H,10-11H2,1-3H3,(H,23,26)/t15-/m1/s1. The summed E-state index contributed by atoms with van der Waals surface area (Å²) in [7, 11) is 0. The summed E-state index contributed by atoms with van der Waals surface area (Å²) < 4.78 is 5.18. The van der Waals surface area contributed by atoms with Crippen molar-refractivity contribution in [2.45, 2.75) is 33.3 Å². The van der Waals surface area contributed by atoms with Crippen LogP contribution in [0.1, 0.15) is 45.2 Å². The van der Waals surface area contributed by atoms with Crippen molar-refractivity contribution < 1.29 is 19.1 Å². The first-order valence-corrected chi connectivity index (χ1v) is 9.00. The summed E-state index contributed by atoms with van der Waals surface area (Å²) >= 11 is 5.78. The summed E-state index contributed by atoms with van der Waals surface area (Å²) in [6, 6.07) is 11.8. The first-order chi connectivity index (χ1) is 12.8. The Hall–Kier alpha value is -2.66. The number of hydrogen-bond acceptors (Lipinski definition) is 4. The molecule has 1 amide bonds. The summed E-state index contributed by atoms with van der Waals surface area (Å²) in [6.07, 6.45) is -0.907. The highest BCUT2D eigenvalue weighted by molar-refractivity contribution is 6.30. The van der Waals surface area contributed by atoms with Crippen molar-refractivity contribution in [1.29, 1.82) is 0 Å². The minimum Gasteiger partial charge on any atom is -0.454 e. The molecule has 142 valence electrons. The maximum absolute atomic E-state index is 12.4. The number of aryl methyl sites for hydroxylation is 2. The van der Waals surface area contributed by atoms with Gasteiger partial charge in [-0.15, -0.1) is 0 Å². The highest BCUT2D eigenvalue weighted by Gasteiger charge is 2.20. The van der Waals surface area contributed by atoms with Crippen molar-refractivity contribution in [1.82, 2.24) is 5.32 Å². The lowest BCUT2D eigenvalue weighted by atomic mass is 10.0. The van der Waals surface area contributed by atoms with Crippen LogP contribution in [0.5, 0.6) is 0 Å². The molecule has 0 spiro atoms. The molecule has 0 bridgehead atoms. The van der Waals surface area contributed by atoms with Gasteiger partial charge in [-0.3, -0.25) is 14.4 Å². The minimum absolute atomic E-state index is 0.0239. The number of benzene rings is 2. The van der Waals surface area contributed by atoms with Gasteiger partial charge in [-0.1, -0.05) is 23.7 Å². The SMILES string of the molecule is Cc1ccc(C(=O)[C@@H](C)OC(=O)CCNC(=O)c2ccc(Cl)cc2)cc1C. The number of halogens is 1. The van der Waals surface area contributed by atoms with Crippen LogP contribution in [-0.4, -0.2) is 30.3 Å². The first kappa shape index (κ1) is 20.6. The van der Waals surface area contributed by atoms with E-state index in [0.717, 1.165) is 11.1 Å². The summed E-state index contributed by atoms with van der Waals surface area (Å²) in [6.45, 7) is 5.55. The van der Waals surface area contributed by atoms with Crippen LogP contribution in [0.15, 0.2) is 42.5 Å². The molecule has 0 unspecified atom stereocenters. The van der Waals surface area contributed by atoms with Crippen molar-refractivity contribution in [2.75, 3.05) is 6.54 Å². The van der Waals surface area contributed by atoms with Crippen LogP contribution in [0.3, 0.4) is 0 Å². The summed E-state index contributed by atoms with van der Waals surface area (Å²) in [5, 5.41) is 3.17. The fourth-order valence-electron chi connectivity index (χ4n) is 2.42. The van der Waals surface area contributed by atoms with Crippen LogP contribution in [0.25, 0.3) is 0 Å². The van der Waals surface area contributed by atoms with Crippen molar-refractivity contribution >= 4 is 29.3 Å². The Morgan fingerprint density at radius 1 is 1.00 bits per heavy atom.